The summed E-state index contributed by atoms with van der Waals surface area (Å²) in [6, 6.07) is 20.1. The Kier molecular flexibility index (Phi) is 5.08. The normalized spacial score (nSPS) is 10.9. The highest BCUT2D eigenvalue weighted by molar-refractivity contribution is 9.10. The molecule has 1 amide bonds. The van der Waals surface area contributed by atoms with Gasteiger partial charge in [0.15, 0.2) is 5.58 Å². The number of oxazole rings is 1. The minimum atomic E-state index is -0.553. The Morgan fingerprint density at radius 2 is 1.79 bits per heavy atom. The third kappa shape index (κ3) is 3.75. The van der Waals surface area contributed by atoms with Crippen molar-refractivity contribution in [3.8, 4) is 0 Å². The lowest BCUT2D eigenvalue weighted by Crippen LogP contribution is -2.35. The van der Waals surface area contributed by atoms with Crippen LogP contribution in [0.5, 0.6) is 0 Å². The fourth-order valence-electron chi connectivity index (χ4n) is 2.98. The first-order valence-corrected chi connectivity index (χ1v) is 9.45. The zero-order chi connectivity index (χ0) is 19.5. The molecule has 28 heavy (non-hydrogen) atoms. The molecular weight excluding hydrogens is 422 g/mol. The molecule has 4 aromatic rings. The largest absolute Gasteiger partial charge is 0.420 e. The number of hydrogen-bond donors (Lipinski definition) is 0. The Balaban J connectivity index is 1.69. The molecule has 0 saturated carbocycles. The first kappa shape index (κ1) is 18.2. The van der Waals surface area contributed by atoms with Crippen molar-refractivity contribution < 1.29 is 9.21 Å². The van der Waals surface area contributed by atoms with Crippen LogP contribution in [0.3, 0.4) is 0 Å². The van der Waals surface area contributed by atoms with E-state index in [-0.39, 0.29) is 12.5 Å². The molecule has 2 heterocycles. The smallest absolute Gasteiger partial charge is 0.408 e. The predicted molar refractivity (Wildman–Crippen MR) is 110 cm³/mol. The van der Waals surface area contributed by atoms with Gasteiger partial charge in [-0.1, -0.05) is 34.1 Å². The van der Waals surface area contributed by atoms with Crippen molar-refractivity contribution in [1.29, 1.82) is 0 Å². The van der Waals surface area contributed by atoms with E-state index in [1.54, 1.807) is 35.4 Å². The summed E-state index contributed by atoms with van der Waals surface area (Å²) in [6.45, 7) is 0.171. The first-order chi connectivity index (χ1) is 13.6. The summed E-state index contributed by atoms with van der Waals surface area (Å²) in [5, 5.41) is 0. The lowest BCUT2D eigenvalue weighted by molar-refractivity contribution is -0.119. The zero-order valence-electron chi connectivity index (χ0n) is 14.8. The fraction of sp³-hybridized carbons (Fsp3) is 0.0952. The van der Waals surface area contributed by atoms with E-state index < -0.39 is 5.76 Å². The summed E-state index contributed by atoms with van der Waals surface area (Å²) in [5.74, 6) is -0.787. The maximum absolute atomic E-state index is 13.2. The van der Waals surface area contributed by atoms with Gasteiger partial charge >= 0.3 is 5.76 Å². The number of rotatable bonds is 5. The molecule has 6 nitrogen and oxygen atoms in total. The topological polar surface area (TPSA) is 68.3 Å². The molecule has 0 aliphatic rings. The minimum Gasteiger partial charge on any atom is -0.408 e. The quantitative estimate of drug-likeness (QED) is 0.473. The molecular formula is C21H16BrN3O3. The molecule has 0 unspecified atom stereocenters. The number of fused-ring (bicyclic) bond motifs is 1. The SMILES string of the molecule is O=C(Cn1c(=O)oc2ccccc21)N(Cc1ccccn1)c1ccc(Br)cc1. The molecule has 7 heteroatoms. The van der Waals surface area contributed by atoms with Gasteiger partial charge in [-0.05, 0) is 48.5 Å². The van der Waals surface area contributed by atoms with Crippen molar-refractivity contribution in [2.24, 2.45) is 0 Å². The number of carbonyl (C=O) groups is 1. The van der Waals surface area contributed by atoms with Gasteiger partial charge in [-0.25, -0.2) is 4.79 Å². The lowest BCUT2D eigenvalue weighted by Gasteiger charge is -2.23. The van der Waals surface area contributed by atoms with Crippen LogP contribution in [-0.4, -0.2) is 15.5 Å². The van der Waals surface area contributed by atoms with Gasteiger partial charge in [-0.2, -0.15) is 0 Å². The van der Waals surface area contributed by atoms with Gasteiger partial charge in [-0.3, -0.25) is 14.3 Å². The third-order valence-electron chi connectivity index (χ3n) is 4.35. The molecule has 0 atom stereocenters. The summed E-state index contributed by atoms with van der Waals surface area (Å²) < 4.78 is 7.50. The van der Waals surface area contributed by atoms with Crippen molar-refractivity contribution in [3.63, 3.8) is 0 Å². The van der Waals surface area contributed by atoms with Crippen molar-refractivity contribution in [2.45, 2.75) is 13.1 Å². The Morgan fingerprint density at radius 3 is 2.54 bits per heavy atom. The van der Waals surface area contributed by atoms with Crippen LogP contribution >= 0.6 is 15.9 Å². The molecule has 0 aliphatic carbocycles. The zero-order valence-corrected chi connectivity index (χ0v) is 16.4. The van der Waals surface area contributed by atoms with E-state index in [9.17, 15) is 9.59 Å². The van der Waals surface area contributed by atoms with Crippen LogP contribution < -0.4 is 10.7 Å². The molecule has 140 valence electrons. The number of aromatic nitrogens is 2. The van der Waals surface area contributed by atoms with Gasteiger partial charge in [0, 0.05) is 16.4 Å². The highest BCUT2D eigenvalue weighted by Crippen LogP contribution is 2.21. The van der Waals surface area contributed by atoms with Crippen LogP contribution in [-0.2, 0) is 17.9 Å². The van der Waals surface area contributed by atoms with Crippen LogP contribution in [0.1, 0.15) is 5.69 Å². The van der Waals surface area contributed by atoms with E-state index in [0.29, 0.717) is 17.6 Å². The number of hydrogen-bond acceptors (Lipinski definition) is 4. The van der Waals surface area contributed by atoms with Crippen molar-refractivity contribution in [1.82, 2.24) is 9.55 Å². The van der Waals surface area contributed by atoms with Crippen LogP contribution in [0.2, 0.25) is 0 Å². The lowest BCUT2D eigenvalue weighted by atomic mass is 10.2. The second-order valence-electron chi connectivity index (χ2n) is 6.20. The molecule has 2 aromatic carbocycles. The van der Waals surface area contributed by atoms with E-state index >= 15 is 0 Å². The molecule has 2 aromatic heterocycles. The summed E-state index contributed by atoms with van der Waals surface area (Å²) in [7, 11) is 0. The maximum atomic E-state index is 13.2. The second kappa shape index (κ2) is 7.82. The molecule has 0 radical (unpaired) electrons. The van der Waals surface area contributed by atoms with Gasteiger partial charge in [-0.15, -0.1) is 0 Å². The molecule has 0 N–H and O–H groups in total. The number of amides is 1. The highest BCUT2D eigenvalue weighted by Gasteiger charge is 2.20. The van der Waals surface area contributed by atoms with E-state index in [1.165, 1.54) is 4.57 Å². The Labute approximate surface area is 169 Å². The molecule has 0 fully saturated rings. The fourth-order valence-corrected chi connectivity index (χ4v) is 3.25. The van der Waals surface area contributed by atoms with Crippen molar-refractivity contribution in [3.05, 3.63) is 93.6 Å². The van der Waals surface area contributed by atoms with Gasteiger partial charge < -0.3 is 9.32 Å². The summed E-state index contributed by atoms with van der Waals surface area (Å²) >= 11 is 3.41. The summed E-state index contributed by atoms with van der Waals surface area (Å²) in [6.07, 6.45) is 1.69. The molecule has 0 saturated heterocycles. The average Bonchev–Trinajstić information content (AvgIpc) is 3.03. The number of benzene rings is 2. The van der Waals surface area contributed by atoms with Crippen LogP contribution in [0, 0.1) is 0 Å². The average molecular weight is 438 g/mol. The highest BCUT2D eigenvalue weighted by atomic mass is 79.9. The van der Waals surface area contributed by atoms with Gasteiger partial charge in [0.05, 0.1) is 17.8 Å². The Morgan fingerprint density at radius 1 is 1.04 bits per heavy atom. The standard InChI is InChI=1S/C21H16BrN3O3/c22-15-8-10-17(11-9-15)24(13-16-5-3-4-12-23-16)20(26)14-25-18-6-1-2-7-19(18)28-21(25)27/h1-12H,13-14H2. The second-order valence-corrected chi connectivity index (χ2v) is 7.11. The van der Waals surface area contributed by atoms with E-state index in [4.69, 9.17) is 4.42 Å². The summed E-state index contributed by atoms with van der Waals surface area (Å²) in [4.78, 5) is 31.4. The number of para-hydroxylation sites is 2. The molecule has 0 bridgehead atoms. The van der Waals surface area contributed by atoms with E-state index in [1.807, 2.05) is 42.5 Å². The molecule has 0 aliphatic heterocycles. The van der Waals surface area contributed by atoms with Crippen LogP contribution in [0.15, 0.2) is 86.6 Å². The van der Waals surface area contributed by atoms with Gasteiger partial charge in [0.25, 0.3) is 0 Å². The van der Waals surface area contributed by atoms with Crippen LogP contribution in [0.25, 0.3) is 11.1 Å². The number of halogens is 1. The van der Waals surface area contributed by atoms with E-state index in [2.05, 4.69) is 20.9 Å². The predicted octanol–water partition coefficient (Wildman–Crippen LogP) is 3.99. The minimum absolute atomic E-state index is 0.126. The number of anilines is 1. The maximum Gasteiger partial charge on any atom is 0.420 e. The van der Waals surface area contributed by atoms with Gasteiger partial charge in [0.1, 0.15) is 6.54 Å². The number of pyridine rings is 1. The van der Waals surface area contributed by atoms with E-state index in [0.717, 1.165) is 15.9 Å². The Bertz CT molecular complexity index is 1170. The number of carbonyl (C=O) groups excluding carboxylic acids is 1. The van der Waals surface area contributed by atoms with Crippen molar-refractivity contribution in [2.75, 3.05) is 4.90 Å². The third-order valence-corrected chi connectivity index (χ3v) is 4.88. The molecule has 0 spiro atoms. The number of nitrogens with zero attached hydrogens (tertiary/aromatic N) is 3. The Hall–Kier alpha value is -3.19. The molecule has 4 rings (SSSR count). The van der Waals surface area contributed by atoms with Crippen molar-refractivity contribution >= 4 is 38.6 Å². The summed E-state index contributed by atoms with van der Waals surface area (Å²) in [5.41, 5.74) is 2.53. The first-order valence-electron chi connectivity index (χ1n) is 8.66. The monoisotopic (exact) mass is 437 g/mol. The van der Waals surface area contributed by atoms with Crippen LogP contribution in [0.4, 0.5) is 5.69 Å². The van der Waals surface area contributed by atoms with Gasteiger partial charge in [0.2, 0.25) is 5.91 Å².